The van der Waals surface area contributed by atoms with Crippen molar-refractivity contribution in [3.63, 3.8) is 0 Å². The van der Waals surface area contributed by atoms with Gasteiger partial charge in [0.05, 0.1) is 53.9 Å². The molecule has 17 heteroatoms. The Labute approximate surface area is 287 Å². The van der Waals surface area contributed by atoms with Gasteiger partial charge in [-0.25, -0.2) is 23.1 Å². The second-order valence-corrected chi connectivity index (χ2v) is 13.8. The first-order chi connectivity index (χ1) is 22.5. The number of rotatable bonds is 12. The molecule has 1 aliphatic rings. The smallest absolute Gasteiger partial charge is 0.413 e. The molecule has 0 saturated carbocycles. The highest BCUT2D eigenvalue weighted by Gasteiger charge is 2.53. The van der Waals surface area contributed by atoms with Gasteiger partial charge in [-0.3, -0.25) is 9.69 Å². The van der Waals surface area contributed by atoms with E-state index in [0.29, 0.717) is 16.3 Å². The van der Waals surface area contributed by atoms with Crippen molar-refractivity contribution in [1.82, 2.24) is 4.90 Å². The second-order valence-electron chi connectivity index (χ2n) is 11.4. The summed E-state index contributed by atoms with van der Waals surface area (Å²) >= 11 is 12.2. The van der Waals surface area contributed by atoms with Crippen LogP contribution in [0.25, 0.3) is 0 Å². The van der Waals surface area contributed by atoms with E-state index < -0.39 is 57.1 Å². The van der Waals surface area contributed by atoms with Gasteiger partial charge in [0.2, 0.25) is 22.6 Å². The van der Waals surface area contributed by atoms with Crippen LogP contribution < -0.4 is 10.5 Å². The number of ether oxygens (including phenoxy) is 4. The molecule has 3 aromatic rings. The highest BCUT2D eigenvalue weighted by Crippen LogP contribution is 2.40. The highest BCUT2D eigenvalue weighted by molar-refractivity contribution is 7.89. The number of sulfonamides is 1. The molecule has 48 heavy (non-hydrogen) atoms. The standard InChI is InChI=1S/C31H35Cl2N3O11S/c1-19-31(40,20-7-4-8-21(32)13-20)47-17-30(2,3)36(19)29(39)46-18-45-27(37)10-6-12-44-28(38)23-14-26(48(34,41)42)24(33)15-25(23)35-16-22-9-5-11-43-22/h4-5,7-9,11,13-15,19,35,40H,6,10,12,16-18H2,1-3H3,(H2,34,41,42)/t19-,31+/m0/s1. The largest absolute Gasteiger partial charge is 0.467 e. The van der Waals surface area contributed by atoms with E-state index in [1.54, 1.807) is 51.1 Å². The van der Waals surface area contributed by atoms with E-state index in [9.17, 15) is 27.9 Å². The van der Waals surface area contributed by atoms with E-state index in [1.165, 1.54) is 23.3 Å². The molecule has 4 N–H and O–H groups in total. The molecule has 1 saturated heterocycles. The van der Waals surface area contributed by atoms with Gasteiger partial charge in [-0.2, -0.15) is 0 Å². The molecule has 0 spiro atoms. The van der Waals surface area contributed by atoms with Gasteiger partial charge in [-0.1, -0.05) is 35.3 Å². The van der Waals surface area contributed by atoms with Gasteiger partial charge >= 0.3 is 18.0 Å². The molecular weight excluding hydrogens is 693 g/mol. The maximum atomic E-state index is 13.1. The predicted molar refractivity (Wildman–Crippen MR) is 172 cm³/mol. The Balaban J connectivity index is 1.28. The first kappa shape index (κ1) is 37.0. The van der Waals surface area contributed by atoms with Gasteiger partial charge in [0.1, 0.15) is 10.7 Å². The minimum atomic E-state index is -4.26. The molecule has 1 amide bonds. The molecule has 260 valence electrons. The molecule has 0 aliphatic carbocycles. The van der Waals surface area contributed by atoms with Crippen LogP contribution in [-0.4, -0.2) is 68.0 Å². The Morgan fingerprint density at radius 2 is 1.85 bits per heavy atom. The summed E-state index contributed by atoms with van der Waals surface area (Å²) in [4.78, 5) is 39.2. The fourth-order valence-corrected chi connectivity index (χ4v) is 6.33. The predicted octanol–water partition coefficient (Wildman–Crippen LogP) is 4.76. The molecule has 14 nitrogen and oxygen atoms in total. The van der Waals surface area contributed by atoms with Crippen molar-refractivity contribution in [1.29, 1.82) is 0 Å². The minimum Gasteiger partial charge on any atom is -0.467 e. The number of furan rings is 1. The molecule has 1 aromatic heterocycles. The molecule has 4 rings (SSSR count). The first-order valence-electron chi connectivity index (χ1n) is 14.6. The number of anilines is 1. The Morgan fingerprint density at radius 1 is 1.10 bits per heavy atom. The summed E-state index contributed by atoms with van der Waals surface area (Å²) in [6, 6.07) is 11.1. The first-order valence-corrected chi connectivity index (χ1v) is 16.9. The summed E-state index contributed by atoms with van der Waals surface area (Å²) in [6.45, 7) is 4.23. The van der Waals surface area contributed by atoms with E-state index in [-0.39, 0.29) is 48.9 Å². The van der Waals surface area contributed by atoms with Gasteiger partial charge in [-0.15, -0.1) is 0 Å². The van der Waals surface area contributed by atoms with Crippen LogP contribution in [0, 0.1) is 0 Å². The van der Waals surface area contributed by atoms with Crippen LogP contribution in [0.15, 0.2) is 64.1 Å². The number of halogens is 2. The number of carbonyl (C=O) groups is 3. The Hall–Kier alpha value is -3.86. The van der Waals surface area contributed by atoms with E-state index in [0.717, 1.165) is 6.07 Å². The zero-order valence-electron chi connectivity index (χ0n) is 26.2. The molecule has 0 radical (unpaired) electrons. The number of morpholine rings is 1. The van der Waals surface area contributed by atoms with Crippen LogP contribution in [0.3, 0.4) is 0 Å². The van der Waals surface area contributed by atoms with Crippen molar-refractivity contribution in [3.8, 4) is 0 Å². The van der Waals surface area contributed by atoms with E-state index in [4.69, 9.17) is 51.7 Å². The lowest BCUT2D eigenvalue weighted by molar-refractivity contribution is -0.295. The van der Waals surface area contributed by atoms with Gasteiger partial charge in [0.25, 0.3) is 0 Å². The molecular formula is C31H35Cl2N3O11S. The van der Waals surface area contributed by atoms with Crippen molar-refractivity contribution < 1.29 is 51.3 Å². The molecule has 2 atom stereocenters. The Bertz CT molecular complexity index is 1750. The number of benzene rings is 2. The fraction of sp³-hybridized carbons (Fsp3) is 0.387. The summed E-state index contributed by atoms with van der Waals surface area (Å²) in [5.74, 6) is -2.99. The lowest BCUT2D eigenvalue weighted by Gasteiger charge is -2.52. The number of nitrogens with one attached hydrogen (secondary N) is 1. The Kier molecular flexibility index (Phi) is 11.7. The van der Waals surface area contributed by atoms with E-state index in [2.05, 4.69) is 5.32 Å². The molecule has 2 aromatic carbocycles. The average molecular weight is 729 g/mol. The summed E-state index contributed by atoms with van der Waals surface area (Å²) in [6.07, 6.45) is 0.443. The zero-order valence-corrected chi connectivity index (χ0v) is 28.6. The number of carbonyl (C=O) groups excluding carboxylic acids is 3. The maximum Gasteiger partial charge on any atom is 0.413 e. The van der Waals surface area contributed by atoms with Crippen LogP contribution in [0.2, 0.25) is 10.0 Å². The minimum absolute atomic E-state index is 0.0313. The summed E-state index contributed by atoms with van der Waals surface area (Å²) in [5, 5.41) is 19.7. The SMILES string of the molecule is C[C@@H]1N(C(=O)OCOC(=O)CCCOC(=O)c2cc(S(N)(=O)=O)c(Cl)cc2NCc2ccco2)C(C)(C)CO[C@@]1(O)c1cccc(Cl)c1. The van der Waals surface area contributed by atoms with Crippen LogP contribution in [-0.2, 0) is 46.1 Å². The number of amides is 1. The van der Waals surface area contributed by atoms with Gasteiger partial charge in [-0.05, 0) is 63.6 Å². The van der Waals surface area contributed by atoms with E-state index in [1.807, 2.05) is 0 Å². The van der Waals surface area contributed by atoms with Gasteiger partial charge in [0, 0.05) is 17.0 Å². The highest BCUT2D eigenvalue weighted by atomic mass is 35.5. The van der Waals surface area contributed by atoms with Crippen LogP contribution >= 0.6 is 23.2 Å². The number of nitrogens with zero attached hydrogens (tertiary/aromatic N) is 1. The topological polar surface area (TPSA) is 197 Å². The van der Waals surface area contributed by atoms with Crippen molar-refractivity contribution in [2.75, 3.05) is 25.3 Å². The number of esters is 2. The van der Waals surface area contributed by atoms with Crippen LogP contribution in [0.5, 0.6) is 0 Å². The summed E-state index contributed by atoms with van der Waals surface area (Å²) in [5.41, 5.74) is -0.529. The quantitative estimate of drug-likeness (QED) is 0.132. The number of hydrogen-bond donors (Lipinski definition) is 3. The van der Waals surface area contributed by atoms with Crippen molar-refractivity contribution in [3.05, 3.63) is 81.7 Å². The second kappa shape index (κ2) is 15.1. The monoisotopic (exact) mass is 727 g/mol. The lowest BCUT2D eigenvalue weighted by atomic mass is 9.90. The van der Waals surface area contributed by atoms with Gasteiger partial charge in [0.15, 0.2) is 0 Å². The molecule has 0 bridgehead atoms. The molecule has 1 fully saturated rings. The third-order valence-electron chi connectivity index (χ3n) is 7.48. The number of nitrogens with two attached hydrogens (primary N) is 1. The average Bonchev–Trinajstić information content (AvgIpc) is 3.53. The Morgan fingerprint density at radius 3 is 2.52 bits per heavy atom. The van der Waals surface area contributed by atoms with Gasteiger partial charge < -0.3 is 33.8 Å². The van der Waals surface area contributed by atoms with Crippen molar-refractivity contribution >= 4 is 56.9 Å². The normalized spacial score (nSPS) is 19.0. The van der Waals surface area contributed by atoms with Crippen molar-refractivity contribution in [2.45, 2.75) is 62.4 Å². The number of hydrogen-bond acceptors (Lipinski definition) is 12. The van der Waals surface area contributed by atoms with Crippen LogP contribution in [0.1, 0.15) is 55.3 Å². The fourth-order valence-electron chi connectivity index (χ4n) is 5.05. The number of primary sulfonamides is 1. The number of aliphatic hydroxyl groups is 1. The third kappa shape index (κ3) is 8.78. The zero-order chi connectivity index (χ0) is 35.3. The van der Waals surface area contributed by atoms with E-state index >= 15 is 0 Å². The maximum absolute atomic E-state index is 13.1. The molecule has 0 unspecified atom stereocenters. The summed E-state index contributed by atoms with van der Waals surface area (Å²) < 4.78 is 50.5. The van der Waals surface area contributed by atoms with Crippen molar-refractivity contribution in [2.24, 2.45) is 5.14 Å². The molecule has 2 heterocycles. The van der Waals surface area contributed by atoms with Crippen LogP contribution in [0.4, 0.5) is 10.5 Å². The third-order valence-corrected chi connectivity index (χ3v) is 9.09. The lowest BCUT2D eigenvalue weighted by Crippen LogP contribution is -2.66. The molecule has 1 aliphatic heterocycles. The summed E-state index contributed by atoms with van der Waals surface area (Å²) in [7, 11) is -4.26.